The number of nitrogens with zero attached hydrogens (tertiary/aromatic N) is 2. The van der Waals surface area contributed by atoms with Gasteiger partial charge in [0.25, 0.3) is 0 Å². The Bertz CT molecular complexity index is 473. The van der Waals surface area contributed by atoms with Crippen molar-refractivity contribution < 1.29 is 4.74 Å². The number of aromatic nitrogens is 2. The molecule has 82 valence electrons. The Kier molecular flexibility index (Phi) is 3.48. The number of hydrogen-bond acceptors (Lipinski definition) is 4. The van der Waals surface area contributed by atoms with Crippen LogP contribution in [0.2, 0.25) is 0 Å². The summed E-state index contributed by atoms with van der Waals surface area (Å²) in [7, 11) is 0. The summed E-state index contributed by atoms with van der Waals surface area (Å²) in [6.07, 6.45) is 3.21. The molecule has 0 saturated heterocycles. The highest BCUT2D eigenvalue weighted by molar-refractivity contribution is 9.10. The Morgan fingerprint density at radius 2 is 1.88 bits per heavy atom. The molecule has 2 aromatic rings. The van der Waals surface area contributed by atoms with Crippen molar-refractivity contribution in [1.82, 2.24) is 9.97 Å². The second-order valence-corrected chi connectivity index (χ2v) is 3.89. The van der Waals surface area contributed by atoms with Crippen molar-refractivity contribution in [1.29, 1.82) is 0 Å². The van der Waals surface area contributed by atoms with Crippen LogP contribution in [0.5, 0.6) is 5.75 Å². The molecule has 0 aliphatic rings. The zero-order chi connectivity index (χ0) is 11.4. The Balaban J connectivity index is 2.31. The lowest BCUT2D eigenvalue weighted by molar-refractivity contribution is 0.327. The van der Waals surface area contributed by atoms with Gasteiger partial charge in [-0.1, -0.05) is 34.1 Å². The minimum absolute atomic E-state index is 0.123. The smallest absolute Gasteiger partial charge is 0.160 e. The van der Waals surface area contributed by atoms with Gasteiger partial charge in [0.05, 0.1) is 12.4 Å². The molecule has 1 aromatic carbocycles. The van der Waals surface area contributed by atoms with Gasteiger partial charge in [-0.2, -0.15) is 0 Å². The topological polar surface area (TPSA) is 61.0 Å². The molecule has 2 rings (SSSR count). The largest absolute Gasteiger partial charge is 0.475 e. The maximum Gasteiger partial charge on any atom is 0.160 e. The first-order valence-corrected chi connectivity index (χ1v) is 5.50. The van der Waals surface area contributed by atoms with Gasteiger partial charge in [-0.05, 0) is 6.07 Å². The lowest BCUT2D eigenvalue weighted by atomic mass is 10.2. The van der Waals surface area contributed by atoms with Crippen molar-refractivity contribution in [2.45, 2.75) is 0 Å². The maximum absolute atomic E-state index is 5.25. The fourth-order valence-corrected chi connectivity index (χ4v) is 1.73. The molecule has 0 amide bonds. The first-order chi connectivity index (χ1) is 7.81. The molecule has 1 aromatic heterocycles. The summed E-state index contributed by atoms with van der Waals surface area (Å²) in [5, 5.41) is 0. The predicted molar refractivity (Wildman–Crippen MR) is 64.9 cm³/mol. The van der Waals surface area contributed by atoms with Gasteiger partial charge in [0.15, 0.2) is 11.6 Å². The predicted octanol–water partition coefficient (Wildman–Crippen LogP) is 2.20. The summed E-state index contributed by atoms with van der Waals surface area (Å²) < 4.78 is 6.03. The van der Waals surface area contributed by atoms with E-state index in [-0.39, 0.29) is 6.73 Å². The molecular formula is C11H10BrN3O. The van der Waals surface area contributed by atoms with Crippen LogP contribution < -0.4 is 10.5 Å². The van der Waals surface area contributed by atoms with E-state index in [2.05, 4.69) is 25.9 Å². The molecule has 5 heteroatoms. The third kappa shape index (κ3) is 2.37. The lowest BCUT2D eigenvalue weighted by Gasteiger charge is -2.04. The van der Waals surface area contributed by atoms with Crippen LogP contribution in [0.4, 0.5) is 0 Å². The number of ether oxygens (including phenoxy) is 1. The first-order valence-electron chi connectivity index (χ1n) is 4.71. The van der Waals surface area contributed by atoms with Crippen LogP contribution in [0.1, 0.15) is 0 Å². The van der Waals surface area contributed by atoms with Gasteiger partial charge in [-0.15, -0.1) is 0 Å². The zero-order valence-electron chi connectivity index (χ0n) is 8.43. The van der Waals surface area contributed by atoms with Gasteiger partial charge in [0, 0.05) is 10.0 Å². The molecule has 0 radical (unpaired) electrons. The zero-order valence-corrected chi connectivity index (χ0v) is 10.0. The Morgan fingerprint density at radius 3 is 2.50 bits per heavy atom. The van der Waals surface area contributed by atoms with Crippen LogP contribution in [0.25, 0.3) is 11.4 Å². The second kappa shape index (κ2) is 5.05. The highest BCUT2D eigenvalue weighted by Crippen LogP contribution is 2.25. The van der Waals surface area contributed by atoms with Crippen LogP contribution >= 0.6 is 15.9 Å². The highest BCUT2D eigenvalue weighted by atomic mass is 79.9. The van der Waals surface area contributed by atoms with E-state index in [9.17, 15) is 0 Å². The van der Waals surface area contributed by atoms with E-state index in [4.69, 9.17) is 10.5 Å². The molecular weight excluding hydrogens is 270 g/mol. The second-order valence-electron chi connectivity index (χ2n) is 3.03. The lowest BCUT2D eigenvalue weighted by Crippen LogP contribution is -2.07. The summed E-state index contributed by atoms with van der Waals surface area (Å²) in [4.78, 5) is 8.41. The van der Waals surface area contributed by atoms with Crippen molar-refractivity contribution in [3.63, 3.8) is 0 Å². The van der Waals surface area contributed by atoms with Crippen molar-refractivity contribution in [2.24, 2.45) is 5.73 Å². The van der Waals surface area contributed by atoms with Crippen LogP contribution in [0, 0.1) is 0 Å². The Morgan fingerprint density at radius 1 is 1.19 bits per heavy atom. The standard InChI is InChI=1S/C11H10BrN3O/c12-10-4-2-1-3-9(10)11-14-5-8(6-15-11)16-7-13/h1-6H,7,13H2. The van der Waals surface area contributed by atoms with Crippen molar-refractivity contribution >= 4 is 15.9 Å². The molecule has 0 spiro atoms. The SMILES string of the molecule is NCOc1cnc(-c2ccccc2Br)nc1. The third-order valence-electron chi connectivity index (χ3n) is 1.99. The van der Waals surface area contributed by atoms with Gasteiger partial charge < -0.3 is 4.74 Å². The molecule has 0 aliphatic heterocycles. The maximum atomic E-state index is 5.25. The van der Waals surface area contributed by atoms with Gasteiger partial charge in [0.2, 0.25) is 0 Å². The average Bonchev–Trinajstić information content (AvgIpc) is 2.31. The molecule has 0 saturated carbocycles. The van der Waals surface area contributed by atoms with Crippen molar-refractivity contribution in [3.8, 4) is 17.1 Å². The molecule has 4 nitrogen and oxygen atoms in total. The number of rotatable bonds is 3. The van der Waals surface area contributed by atoms with E-state index in [0.29, 0.717) is 11.6 Å². The normalized spacial score (nSPS) is 10.1. The summed E-state index contributed by atoms with van der Waals surface area (Å²) in [5.74, 6) is 1.22. The van der Waals surface area contributed by atoms with Crippen molar-refractivity contribution in [3.05, 3.63) is 41.1 Å². The minimum Gasteiger partial charge on any atom is -0.475 e. The molecule has 2 N–H and O–H groups in total. The number of hydrogen-bond donors (Lipinski definition) is 1. The number of benzene rings is 1. The first kappa shape index (κ1) is 11.0. The molecule has 16 heavy (non-hydrogen) atoms. The average molecular weight is 280 g/mol. The molecule has 0 unspecified atom stereocenters. The molecule has 0 aliphatic carbocycles. The quantitative estimate of drug-likeness (QED) is 0.875. The van der Waals surface area contributed by atoms with Crippen LogP contribution in [-0.4, -0.2) is 16.7 Å². The van der Waals surface area contributed by atoms with Gasteiger partial charge in [-0.3, -0.25) is 5.73 Å². The molecule has 0 fully saturated rings. The van der Waals surface area contributed by atoms with E-state index in [0.717, 1.165) is 10.0 Å². The number of halogens is 1. The third-order valence-corrected chi connectivity index (χ3v) is 2.68. The molecule has 0 atom stereocenters. The van der Waals surface area contributed by atoms with E-state index >= 15 is 0 Å². The van der Waals surface area contributed by atoms with Crippen molar-refractivity contribution in [2.75, 3.05) is 6.73 Å². The fourth-order valence-electron chi connectivity index (χ4n) is 1.27. The van der Waals surface area contributed by atoms with E-state index < -0.39 is 0 Å². The minimum atomic E-state index is 0.123. The Hall–Kier alpha value is -1.46. The van der Waals surface area contributed by atoms with Gasteiger partial charge in [0.1, 0.15) is 6.73 Å². The summed E-state index contributed by atoms with van der Waals surface area (Å²) in [6, 6.07) is 7.78. The van der Waals surface area contributed by atoms with Crippen LogP contribution in [-0.2, 0) is 0 Å². The van der Waals surface area contributed by atoms with E-state index in [1.54, 1.807) is 12.4 Å². The highest BCUT2D eigenvalue weighted by Gasteiger charge is 2.04. The van der Waals surface area contributed by atoms with E-state index in [1.165, 1.54) is 0 Å². The fraction of sp³-hybridized carbons (Fsp3) is 0.0909. The summed E-state index contributed by atoms with van der Waals surface area (Å²) in [5.41, 5.74) is 6.19. The van der Waals surface area contributed by atoms with Gasteiger partial charge in [-0.25, -0.2) is 9.97 Å². The van der Waals surface area contributed by atoms with Crippen LogP contribution in [0.15, 0.2) is 41.1 Å². The summed E-state index contributed by atoms with van der Waals surface area (Å²) >= 11 is 3.45. The van der Waals surface area contributed by atoms with E-state index in [1.807, 2.05) is 24.3 Å². The van der Waals surface area contributed by atoms with Gasteiger partial charge >= 0.3 is 0 Å². The number of nitrogens with two attached hydrogens (primary N) is 1. The van der Waals surface area contributed by atoms with Crippen LogP contribution in [0.3, 0.4) is 0 Å². The molecule has 0 bridgehead atoms. The monoisotopic (exact) mass is 279 g/mol. The summed E-state index contributed by atoms with van der Waals surface area (Å²) in [6.45, 7) is 0.123. The molecule has 1 heterocycles. The Labute approximate surface area is 102 Å².